The van der Waals surface area contributed by atoms with Gasteiger partial charge in [-0.1, -0.05) is 47.5 Å². The molecule has 3 aromatic rings. The van der Waals surface area contributed by atoms with E-state index in [9.17, 15) is 14.0 Å². The average Bonchev–Trinajstić information content (AvgIpc) is 3.59. The van der Waals surface area contributed by atoms with Crippen molar-refractivity contribution in [3.8, 4) is 5.69 Å². The molecule has 39 heavy (non-hydrogen) atoms. The predicted octanol–water partition coefficient (Wildman–Crippen LogP) is 5.37. The summed E-state index contributed by atoms with van der Waals surface area (Å²) < 4.78 is 15.3. The van der Waals surface area contributed by atoms with E-state index >= 15 is 0 Å². The van der Waals surface area contributed by atoms with Crippen molar-refractivity contribution in [2.45, 2.75) is 19.9 Å². The number of hydrogen-bond donors (Lipinski definition) is 1. The van der Waals surface area contributed by atoms with Crippen LogP contribution in [0.3, 0.4) is 0 Å². The van der Waals surface area contributed by atoms with Gasteiger partial charge in [0.15, 0.2) is 5.69 Å². The molecule has 2 amide bonds. The summed E-state index contributed by atoms with van der Waals surface area (Å²) in [6.45, 7) is 3.52. The molecule has 1 N–H and O–H groups in total. The first kappa shape index (κ1) is 25.8. The van der Waals surface area contributed by atoms with Gasteiger partial charge in [-0.15, -0.1) is 0 Å². The number of aromatic nitrogens is 2. The Balaban J connectivity index is 1.47. The lowest BCUT2D eigenvalue weighted by molar-refractivity contribution is -0.128. The van der Waals surface area contributed by atoms with E-state index in [1.807, 2.05) is 11.1 Å². The molecule has 2 aliphatic heterocycles. The number of allylic oxidation sites excluding steroid dienone is 1. The van der Waals surface area contributed by atoms with Crippen molar-refractivity contribution in [2.75, 3.05) is 19.6 Å². The van der Waals surface area contributed by atoms with Gasteiger partial charge in [-0.2, -0.15) is 5.10 Å². The molecule has 1 saturated heterocycles. The maximum absolute atomic E-state index is 13.7. The molecular formula is C29H26Cl2FN5O2. The van der Waals surface area contributed by atoms with Crippen molar-refractivity contribution in [2.24, 2.45) is 11.8 Å². The second-order valence-corrected chi connectivity index (χ2v) is 11.1. The molecule has 1 aromatic heterocycles. The van der Waals surface area contributed by atoms with Gasteiger partial charge < -0.3 is 4.90 Å². The maximum atomic E-state index is 13.7. The molecule has 0 radical (unpaired) electrons. The number of nitrogens with zero attached hydrogens (tertiary/aromatic N) is 4. The first-order chi connectivity index (χ1) is 18.8. The number of carbonyl (C=O) groups is 2. The number of hydrazine groups is 1. The minimum absolute atomic E-state index is 0.131. The van der Waals surface area contributed by atoms with E-state index in [-0.39, 0.29) is 29.9 Å². The van der Waals surface area contributed by atoms with Gasteiger partial charge >= 0.3 is 0 Å². The summed E-state index contributed by atoms with van der Waals surface area (Å²) in [5, 5.41) is 7.55. The van der Waals surface area contributed by atoms with Crippen LogP contribution in [0.5, 0.6) is 0 Å². The van der Waals surface area contributed by atoms with E-state index in [1.165, 1.54) is 19.1 Å². The summed E-state index contributed by atoms with van der Waals surface area (Å²) >= 11 is 12.8. The minimum Gasteiger partial charge on any atom is -0.334 e. The van der Waals surface area contributed by atoms with E-state index < -0.39 is 0 Å². The molecule has 6 rings (SSSR count). The van der Waals surface area contributed by atoms with Gasteiger partial charge in [0.25, 0.3) is 5.91 Å². The summed E-state index contributed by atoms with van der Waals surface area (Å²) in [5.74, 6) is 0.121. The summed E-state index contributed by atoms with van der Waals surface area (Å²) in [5.41, 5.74) is 6.61. The second-order valence-electron chi connectivity index (χ2n) is 10.2. The number of amides is 2. The standard InChI is InChI=1S/C29H26Cl2FN5O2/c1-17(38)35-13-21(11-18-5-8-23(32)9-6-18)28-24(16-35)27(33-37(28)26-10-7-22(30)12-25(26)31)29(39)34-36-14-19-3-2-4-20(19)15-36/h2-3,5-12,19-20H,4,13-16H2,1H3,(H,34,39). The lowest BCUT2D eigenvalue weighted by atomic mass is 9.97. The fourth-order valence-electron chi connectivity index (χ4n) is 5.64. The molecule has 3 aliphatic rings. The summed E-state index contributed by atoms with van der Waals surface area (Å²) in [7, 11) is 0. The predicted molar refractivity (Wildman–Crippen MR) is 149 cm³/mol. The van der Waals surface area contributed by atoms with Crippen molar-refractivity contribution in [3.63, 3.8) is 0 Å². The first-order valence-corrected chi connectivity index (χ1v) is 13.5. The molecule has 10 heteroatoms. The van der Waals surface area contributed by atoms with E-state index in [0.29, 0.717) is 45.4 Å². The number of carbonyl (C=O) groups excluding carboxylic acids is 2. The fourth-order valence-corrected chi connectivity index (χ4v) is 6.13. The lowest BCUT2D eigenvalue weighted by Crippen LogP contribution is -2.42. The van der Waals surface area contributed by atoms with Crippen molar-refractivity contribution >= 4 is 46.7 Å². The Bertz CT molecular complexity index is 1530. The molecule has 1 fully saturated rings. The van der Waals surface area contributed by atoms with Crippen LogP contribution in [0.25, 0.3) is 17.3 Å². The third-order valence-corrected chi connectivity index (χ3v) is 8.12. The van der Waals surface area contributed by atoms with E-state index in [0.717, 1.165) is 30.6 Å². The van der Waals surface area contributed by atoms with E-state index in [1.54, 1.807) is 39.9 Å². The van der Waals surface area contributed by atoms with E-state index in [4.69, 9.17) is 28.3 Å². The number of benzene rings is 2. The zero-order chi connectivity index (χ0) is 27.3. The van der Waals surface area contributed by atoms with Gasteiger partial charge in [-0.25, -0.2) is 14.1 Å². The van der Waals surface area contributed by atoms with Gasteiger partial charge in [0.1, 0.15) is 5.82 Å². The summed E-state index contributed by atoms with van der Waals surface area (Å²) in [6.07, 6.45) is 7.31. The summed E-state index contributed by atoms with van der Waals surface area (Å²) in [4.78, 5) is 27.9. The molecular weight excluding hydrogens is 540 g/mol. The highest BCUT2D eigenvalue weighted by molar-refractivity contribution is 6.35. The number of nitrogens with one attached hydrogen (secondary N) is 1. The number of halogens is 3. The number of hydrogen-bond acceptors (Lipinski definition) is 4. The molecule has 2 aromatic carbocycles. The largest absolute Gasteiger partial charge is 0.334 e. The summed E-state index contributed by atoms with van der Waals surface area (Å²) in [6, 6.07) is 11.2. The van der Waals surface area contributed by atoms with Crippen LogP contribution < -0.4 is 5.43 Å². The zero-order valence-corrected chi connectivity index (χ0v) is 22.7. The van der Waals surface area contributed by atoms with Gasteiger partial charge in [-0.3, -0.25) is 15.0 Å². The Kier molecular flexibility index (Phi) is 6.79. The monoisotopic (exact) mass is 565 g/mol. The molecule has 2 atom stereocenters. The molecule has 7 nitrogen and oxygen atoms in total. The molecule has 3 heterocycles. The third kappa shape index (κ3) is 5.00. The molecule has 1 aliphatic carbocycles. The van der Waals surface area contributed by atoms with Gasteiger partial charge in [0.05, 0.1) is 22.9 Å². The highest BCUT2D eigenvalue weighted by Gasteiger charge is 2.37. The maximum Gasteiger partial charge on any atom is 0.286 e. The second kappa shape index (κ2) is 10.3. The van der Waals surface area contributed by atoms with Gasteiger partial charge in [0.2, 0.25) is 5.91 Å². The normalized spacial score (nSPS) is 21.3. The first-order valence-electron chi connectivity index (χ1n) is 12.8. The van der Waals surface area contributed by atoms with Crippen molar-refractivity contribution in [3.05, 3.63) is 93.0 Å². The van der Waals surface area contributed by atoms with Crippen molar-refractivity contribution < 1.29 is 14.0 Å². The van der Waals surface area contributed by atoms with Crippen LogP contribution in [-0.2, 0) is 11.3 Å². The highest BCUT2D eigenvalue weighted by Crippen LogP contribution is 2.36. The molecule has 0 bridgehead atoms. The SMILES string of the molecule is CC(=O)N1CC(=Cc2ccc(F)cc2)c2c(c(C(=O)NN3CC4C=CCC4C3)nn2-c2ccc(Cl)cc2Cl)C1. The smallest absolute Gasteiger partial charge is 0.286 e. The van der Waals surface area contributed by atoms with Crippen LogP contribution in [0, 0.1) is 17.7 Å². The van der Waals surface area contributed by atoms with Crippen LogP contribution in [0.2, 0.25) is 10.0 Å². The molecule has 200 valence electrons. The van der Waals surface area contributed by atoms with Gasteiger partial charge in [-0.05, 0) is 65.8 Å². The van der Waals surface area contributed by atoms with Crippen LogP contribution in [0.4, 0.5) is 4.39 Å². The van der Waals surface area contributed by atoms with Crippen LogP contribution in [0.1, 0.15) is 40.7 Å². The molecule has 2 unspecified atom stereocenters. The highest BCUT2D eigenvalue weighted by atomic mass is 35.5. The molecule has 0 spiro atoms. The van der Waals surface area contributed by atoms with Gasteiger partial charge in [0, 0.05) is 37.1 Å². The Hall–Kier alpha value is -3.46. The topological polar surface area (TPSA) is 70.5 Å². The number of rotatable bonds is 4. The van der Waals surface area contributed by atoms with Crippen molar-refractivity contribution in [1.82, 2.24) is 25.1 Å². The molecule has 0 saturated carbocycles. The van der Waals surface area contributed by atoms with Crippen LogP contribution >= 0.6 is 23.2 Å². The lowest BCUT2D eigenvalue weighted by Gasteiger charge is -2.29. The Labute approximate surface area is 235 Å². The quantitative estimate of drug-likeness (QED) is 0.431. The average molecular weight is 566 g/mol. The van der Waals surface area contributed by atoms with Crippen LogP contribution in [0.15, 0.2) is 54.6 Å². The van der Waals surface area contributed by atoms with Crippen LogP contribution in [-0.4, -0.2) is 51.1 Å². The minimum atomic E-state index is -0.342. The Morgan fingerprint density at radius 3 is 2.62 bits per heavy atom. The zero-order valence-electron chi connectivity index (χ0n) is 21.2. The van der Waals surface area contributed by atoms with E-state index in [2.05, 4.69) is 17.6 Å². The fraction of sp³-hybridized carbons (Fsp3) is 0.276. The Morgan fingerprint density at radius 1 is 1.10 bits per heavy atom. The number of fused-ring (bicyclic) bond motifs is 2. The van der Waals surface area contributed by atoms with Crippen molar-refractivity contribution in [1.29, 1.82) is 0 Å². The Morgan fingerprint density at radius 2 is 1.90 bits per heavy atom. The third-order valence-electron chi connectivity index (χ3n) is 7.58.